The van der Waals surface area contributed by atoms with Crippen LogP contribution in [0.3, 0.4) is 0 Å². The molecule has 2 aromatic rings. The maximum Gasteiger partial charge on any atom is 0.270 e. The van der Waals surface area contributed by atoms with Gasteiger partial charge in [0.2, 0.25) is 11.6 Å². The van der Waals surface area contributed by atoms with Crippen molar-refractivity contribution in [3.63, 3.8) is 0 Å². The van der Waals surface area contributed by atoms with Crippen LogP contribution in [0.4, 0.5) is 10.1 Å². The Morgan fingerprint density at radius 3 is 2.38 bits per heavy atom. The number of phenols is 3. The number of aliphatic hydroxyl groups is 1. The molecule has 1 aliphatic carbocycles. The summed E-state index contributed by atoms with van der Waals surface area (Å²) in [7, 11) is 0. The molecule has 0 fully saturated rings. The number of Topliss-reactive ketones (excluding diaryl/α,β-unsaturated/α-hetero) is 2. The van der Waals surface area contributed by atoms with E-state index in [2.05, 4.69) is 16.9 Å². The summed E-state index contributed by atoms with van der Waals surface area (Å²) >= 11 is 0. The number of allylic oxidation sites excluding steroid dienone is 4. The second kappa shape index (κ2) is 8.71. The Labute approximate surface area is 209 Å². The number of aliphatic imine (C=N–C) groups is 1. The second-order valence-corrected chi connectivity index (χ2v) is 8.56. The molecular weight excluding hydrogens is 487 g/mol. The SMILES string of the molecule is C=C/C=C(/C)C(=O)NC1=CC(=Nc2c(O)cc(F)cc2O)c2c(c(O)c(C)c3c2C(=O)[C@@](C)(O)O3)C1=O. The summed E-state index contributed by atoms with van der Waals surface area (Å²) in [4.78, 5) is 43.3. The first-order valence-electron chi connectivity index (χ1n) is 10.8. The van der Waals surface area contributed by atoms with Crippen molar-refractivity contribution in [1.29, 1.82) is 0 Å². The van der Waals surface area contributed by atoms with Gasteiger partial charge in [0.15, 0.2) is 0 Å². The zero-order chi connectivity index (χ0) is 27.4. The number of fused-ring (bicyclic) bond motifs is 3. The predicted octanol–water partition coefficient (Wildman–Crippen LogP) is 2.98. The predicted molar refractivity (Wildman–Crippen MR) is 129 cm³/mol. The summed E-state index contributed by atoms with van der Waals surface area (Å²) in [5.41, 5.74) is -2.00. The summed E-state index contributed by atoms with van der Waals surface area (Å²) in [5.74, 6) is -8.15. The molecule has 4 rings (SSSR count). The van der Waals surface area contributed by atoms with E-state index in [1.54, 1.807) is 0 Å². The minimum absolute atomic E-state index is 0.0321. The second-order valence-electron chi connectivity index (χ2n) is 8.56. The maximum absolute atomic E-state index is 13.6. The zero-order valence-electron chi connectivity index (χ0n) is 19.8. The first-order chi connectivity index (χ1) is 17.3. The number of benzene rings is 2. The molecule has 11 heteroatoms. The molecule has 1 aliphatic heterocycles. The molecule has 1 heterocycles. The van der Waals surface area contributed by atoms with Crippen LogP contribution >= 0.6 is 0 Å². The summed E-state index contributed by atoms with van der Waals surface area (Å²) in [6.07, 6.45) is 3.82. The standard InChI is InChI=1S/C26H21FN2O8/c1-5-6-10(2)25(35)29-14-9-13(28-20-15(30)7-12(27)8-16(20)31)17-18(22(14)33)21(32)11(3)23-19(17)24(34)26(4,36)37-23/h5-9,30-32,36H,1H2,2-4H3,(H,29,35)/b10-6-,28-13?/t26-/m0/s1. The van der Waals surface area contributed by atoms with Crippen LogP contribution < -0.4 is 10.1 Å². The van der Waals surface area contributed by atoms with Crippen LogP contribution in [-0.4, -0.2) is 49.4 Å². The molecule has 0 saturated heterocycles. The van der Waals surface area contributed by atoms with E-state index in [1.165, 1.54) is 26.0 Å². The van der Waals surface area contributed by atoms with Crippen molar-refractivity contribution in [3.05, 3.63) is 76.3 Å². The molecule has 2 aliphatic rings. The number of rotatable bonds is 4. The lowest BCUT2D eigenvalue weighted by atomic mass is 9.83. The molecule has 10 nitrogen and oxygen atoms in total. The number of ketones is 2. The largest absolute Gasteiger partial charge is 0.507 e. The van der Waals surface area contributed by atoms with Gasteiger partial charge >= 0.3 is 0 Å². The van der Waals surface area contributed by atoms with Crippen LogP contribution in [-0.2, 0) is 4.79 Å². The number of carbonyl (C=O) groups excluding carboxylic acids is 3. The molecule has 0 unspecified atom stereocenters. The lowest BCUT2D eigenvalue weighted by Crippen LogP contribution is -2.36. The normalized spacial score (nSPS) is 19.8. The van der Waals surface area contributed by atoms with Crippen LogP contribution in [0.2, 0.25) is 0 Å². The van der Waals surface area contributed by atoms with Crippen molar-refractivity contribution in [3.8, 4) is 23.0 Å². The highest BCUT2D eigenvalue weighted by Crippen LogP contribution is 2.48. The van der Waals surface area contributed by atoms with Gasteiger partial charge in [0.05, 0.1) is 22.5 Å². The average molecular weight is 508 g/mol. The number of hydrogen-bond donors (Lipinski definition) is 5. The highest BCUT2D eigenvalue weighted by Gasteiger charge is 2.48. The van der Waals surface area contributed by atoms with E-state index >= 15 is 0 Å². The van der Waals surface area contributed by atoms with Gasteiger partial charge in [-0.3, -0.25) is 14.4 Å². The van der Waals surface area contributed by atoms with Crippen molar-refractivity contribution < 1.29 is 43.9 Å². The van der Waals surface area contributed by atoms with E-state index in [1.807, 2.05) is 0 Å². The molecule has 1 amide bonds. The Bertz CT molecular complexity index is 1510. The number of amides is 1. The number of nitrogens with one attached hydrogen (secondary N) is 1. The van der Waals surface area contributed by atoms with Crippen molar-refractivity contribution in [2.75, 3.05) is 0 Å². The van der Waals surface area contributed by atoms with Crippen molar-refractivity contribution >= 4 is 28.9 Å². The van der Waals surface area contributed by atoms with E-state index in [9.17, 15) is 39.2 Å². The summed E-state index contributed by atoms with van der Waals surface area (Å²) in [6.45, 7) is 7.40. The lowest BCUT2D eigenvalue weighted by molar-refractivity contribution is -0.116. The molecule has 0 saturated carbocycles. The third-order valence-corrected chi connectivity index (χ3v) is 5.86. The Kier molecular flexibility index (Phi) is 5.96. The first kappa shape index (κ1) is 25.3. The van der Waals surface area contributed by atoms with Gasteiger partial charge in [-0.1, -0.05) is 18.7 Å². The minimum Gasteiger partial charge on any atom is -0.507 e. The number of hydrogen-bond acceptors (Lipinski definition) is 9. The minimum atomic E-state index is -2.33. The molecule has 0 bridgehead atoms. The number of aromatic hydroxyl groups is 3. The molecular formula is C26H21FN2O8. The average Bonchev–Trinajstić information content (AvgIpc) is 3.05. The van der Waals surface area contributed by atoms with Crippen LogP contribution in [0, 0.1) is 12.7 Å². The molecule has 0 aromatic heterocycles. The fourth-order valence-corrected chi connectivity index (χ4v) is 4.01. The van der Waals surface area contributed by atoms with Gasteiger partial charge in [0, 0.05) is 35.8 Å². The molecule has 0 spiro atoms. The Balaban J connectivity index is 2.05. The highest BCUT2D eigenvalue weighted by atomic mass is 19.1. The third-order valence-electron chi connectivity index (χ3n) is 5.86. The summed E-state index contributed by atoms with van der Waals surface area (Å²) in [5, 5.41) is 44.2. The van der Waals surface area contributed by atoms with Crippen LogP contribution in [0.25, 0.3) is 0 Å². The van der Waals surface area contributed by atoms with E-state index in [-0.39, 0.29) is 39.4 Å². The van der Waals surface area contributed by atoms with Gasteiger partial charge < -0.3 is 30.5 Å². The van der Waals surface area contributed by atoms with Crippen LogP contribution in [0.1, 0.15) is 45.7 Å². The van der Waals surface area contributed by atoms with E-state index in [0.717, 1.165) is 13.0 Å². The van der Waals surface area contributed by atoms with Gasteiger partial charge in [-0.15, -0.1) is 0 Å². The van der Waals surface area contributed by atoms with Gasteiger partial charge in [-0.2, -0.15) is 0 Å². The molecule has 5 N–H and O–H groups in total. The smallest absolute Gasteiger partial charge is 0.270 e. The lowest BCUT2D eigenvalue weighted by Gasteiger charge is -2.22. The number of phenolic OH excluding ortho intramolecular Hbond substituents is 3. The maximum atomic E-state index is 13.6. The third kappa shape index (κ3) is 4.04. The zero-order valence-corrected chi connectivity index (χ0v) is 19.8. The quantitative estimate of drug-likeness (QED) is 0.311. The van der Waals surface area contributed by atoms with Crippen LogP contribution in [0.5, 0.6) is 23.0 Å². The van der Waals surface area contributed by atoms with Crippen molar-refractivity contribution in [2.45, 2.75) is 26.6 Å². The topological polar surface area (TPSA) is 166 Å². The fraction of sp³-hybridized carbons (Fsp3) is 0.154. The van der Waals surface area contributed by atoms with E-state index in [4.69, 9.17) is 4.74 Å². The van der Waals surface area contributed by atoms with E-state index < -0.39 is 57.6 Å². The number of halogens is 1. The summed E-state index contributed by atoms with van der Waals surface area (Å²) in [6, 6.07) is 1.36. The Morgan fingerprint density at radius 1 is 1.16 bits per heavy atom. The number of ether oxygens (including phenoxy) is 1. The Morgan fingerprint density at radius 2 is 1.78 bits per heavy atom. The molecule has 1 atom stereocenters. The Hall–Kier alpha value is -4.77. The van der Waals surface area contributed by atoms with E-state index in [0.29, 0.717) is 12.1 Å². The number of carbonyl (C=O) groups is 3. The van der Waals surface area contributed by atoms with Crippen molar-refractivity contribution in [2.24, 2.45) is 4.99 Å². The molecule has 2 aromatic carbocycles. The molecule has 190 valence electrons. The molecule has 37 heavy (non-hydrogen) atoms. The fourth-order valence-electron chi connectivity index (χ4n) is 4.01. The van der Waals surface area contributed by atoms with Crippen LogP contribution in [0.15, 0.2) is 53.2 Å². The van der Waals surface area contributed by atoms with Gasteiger partial charge in [-0.05, 0) is 19.9 Å². The van der Waals surface area contributed by atoms with Gasteiger partial charge in [0.1, 0.15) is 34.5 Å². The molecule has 0 radical (unpaired) electrons. The summed E-state index contributed by atoms with van der Waals surface area (Å²) < 4.78 is 19.0. The monoisotopic (exact) mass is 508 g/mol. The highest BCUT2D eigenvalue weighted by molar-refractivity contribution is 6.32. The first-order valence-corrected chi connectivity index (χ1v) is 10.8. The van der Waals surface area contributed by atoms with Crippen molar-refractivity contribution in [1.82, 2.24) is 5.32 Å². The van der Waals surface area contributed by atoms with Gasteiger partial charge in [0.25, 0.3) is 11.7 Å². The van der Waals surface area contributed by atoms with Gasteiger partial charge in [-0.25, -0.2) is 9.38 Å². The number of nitrogens with zero attached hydrogens (tertiary/aromatic N) is 1.